The maximum absolute atomic E-state index is 14.3. The first-order valence-corrected chi connectivity index (χ1v) is 6.98. The average Bonchev–Trinajstić information content (AvgIpc) is 2.50. The first kappa shape index (κ1) is 15.4. The second-order valence-corrected chi connectivity index (χ2v) is 4.80. The van der Waals surface area contributed by atoms with Gasteiger partial charge in [-0.1, -0.05) is 37.3 Å². The van der Waals surface area contributed by atoms with E-state index in [0.717, 1.165) is 12.0 Å². The Kier molecular flexibility index (Phi) is 5.28. The molecule has 0 aliphatic heterocycles. The molecular formula is C17H19F2NO. The summed E-state index contributed by atoms with van der Waals surface area (Å²) in [6.07, 6.45) is 0.878. The minimum absolute atomic E-state index is 0.0236. The third kappa shape index (κ3) is 3.58. The van der Waals surface area contributed by atoms with Gasteiger partial charge in [-0.2, -0.15) is 0 Å². The smallest absolute Gasteiger partial charge is 0.134 e. The third-order valence-electron chi connectivity index (χ3n) is 3.31. The summed E-state index contributed by atoms with van der Waals surface area (Å²) in [7, 11) is 1.39. The van der Waals surface area contributed by atoms with E-state index < -0.39 is 17.7 Å². The summed E-state index contributed by atoms with van der Waals surface area (Å²) in [5, 5.41) is 3.20. The van der Waals surface area contributed by atoms with E-state index in [4.69, 9.17) is 4.74 Å². The lowest BCUT2D eigenvalue weighted by molar-refractivity contribution is 0.403. The van der Waals surface area contributed by atoms with Crippen LogP contribution in [0.1, 0.15) is 30.5 Å². The highest BCUT2D eigenvalue weighted by molar-refractivity contribution is 5.38. The SMILES string of the molecule is CCCNC(c1ccccc1)c1c(F)cc(OC)cc1F. The molecule has 1 atom stereocenters. The Bertz CT molecular complexity index is 564. The highest BCUT2D eigenvalue weighted by Gasteiger charge is 2.22. The fraction of sp³-hybridized carbons (Fsp3) is 0.294. The lowest BCUT2D eigenvalue weighted by Gasteiger charge is -2.21. The Morgan fingerprint density at radius 2 is 1.71 bits per heavy atom. The number of ether oxygens (including phenoxy) is 1. The molecule has 4 heteroatoms. The van der Waals surface area contributed by atoms with Crippen LogP contribution in [0.5, 0.6) is 5.75 Å². The average molecular weight is 291 g/mol. The van der Waals surface area contributed by atoms with Crippen LogP contribution in [-0.2, 0) is 0 Å². The van der Waals surface area contributed by atoms with E-state index in [0.29, 0.717) is 6.54 Å². The van der Waals surface area contributed by atoms with E-state index >= 15 is 0 Å². The van der Waals surface area contributed by atoms with Crippen LogP contribution in [0, 0.1) is 11.6 Å². The van der Waals surface area contributed by atoms with Gasteiger partial charge in [0.15, 0.2) is 0 Å². The number of halogens is 2. The molecule has 0 saturated carbocycles. The van der Waals surface area contributed by atoms with Gasteiger partial charge in [0.2, 0.25) is 0 Å². The molecule has 0 saturated heterocycles. The van der Waals surface area contributed by atoms with Crippen molar-refractivity contribution in [2.45, 2.75) is 19.4 Å². The molecule has 0 radical (unpaired) electrons. The lowest BCUT2D eigenvalue weighted by Crippen LogP contribution is -2.25. The zero-order chi connectivity index (χ0) is 15.2. The number of rotatable bonds is 6. The molecule has 2 rings (SSSR count). The molecule has 2 aromatic rings. The van der Waals surface area contributed by atoms with Crippen molar-refractivity contribution in [3.63, 3.8) is 0 Å². The zero-order valence-electron chi connectivity index (χ0n) is 12.2. The van der Waals surface area contributed by atoms with Crippen LogP contribution in [0.25, 0.3) is 0 Å². The quantitative estimate of drug-likeness (QED) is 0.866. The molecule has 0 aliphatic rings. The maximum atomic E-state index is 14.3. The van der Waals surface area contributed by atoms with Gasteiger partial charge in [0, 0.05) is 17.7 Å². The summed E-state index contributed by atoms with van der Waals surface area (Å²) in [5.74, 6) is -1.04. The summed E-state index contributed by atoms with van der Waals surface area (Å²) in [4.78, 5) is 0. The molecule has 0 aliphatic carbocycles. The minimum atomic E-state index is -0.607. The van der Waals surface area contributed by atoms with Crippen LogP contribution in [0.4, 0.5) is 8.78 Å². The fourth-order valence-corrected chi connectivity index (χ4v) is 2.28. The van der Waals surface area contributed by atoms with Crippen LogP contribution < -0.4 is 10.1 Å². The van der Waals surface area contributed by atoms with Gasteiger partial charge in [-0.05, 0) is 18.5 Å². The van der Waals surface area contributed by atoms with Crippen molar-refractivity contribution in [1.82, 2.24) is 5.32 Å². The second kappa shape index (κ2) is 7.18. The molecule has 0 heterocycles. The van der Waals surface area contributed by atoms with E-state index in [1.165, 1.54) is 19.2 Å². The van der Waals surface area contributed by atoms with Crippen LogP contribution in [0.2, 0.25) is 0 Å². The Labute approximate surface area is 123 Å². The van der Waals surface area contributed by atoms with E-state index in [9.17, 15) is 8.78 Å². The highest BCUT2D eigenvalue weighted by Crippen LogP contribution is 2.30. The van der Waals surface area contributed by atoms with E-state index in [2.05, 4.69) is 5.32 Å². The van der Waals surface area contributed by atoms with E-state index in [1.54, 1.807) is 0 Å². The van der Waals surface area contributed by atoms with Crippen molar-refractivity contribution >= 4 is 0 Å². The van der Waals surface area contributed by atoms with E-state index in [-0.39, 0.29) is 11.3 Å². The maximum Gasteiger partial charge on any atom is 0.134 e. The van der Waals surface area contributed by atoms with Crippen LogP contribution >= 0.6 is 0 Å². The van der Waals surface area contributed by atoms with Gasteiger partial charge >= 0.3 is 0 Å². The molecule has 0 aromatic heterocycles. The van der Waals surface area contributed by atoms with Crippen molar-refractivity contribution < 1.29 is 13.5 Å². The molecule has 1 N–H and O–H groups in total. The predicted octanol–water partition coefficient (Wildman–Crippen LogP) is 4.06. The van der Waals surface area contributed by atoms with Gasteiger partial charge < -0.3 is 10.1 Å². The van der Waals surface area contributed by atoms with Crippen LogP contribution in [-0.4, -0.2) is 13.7 Å². The molecule has 21 heavy (non-hydrogen) atoms. The van der Waals surface area contributed by atoms with Gasteiger partial charge in [-0.15, -0.1) is 0 Å². The number of benzene rings is 2. The summed E-state index contributed by atoms with van der Waals surface area (Å²) >= 11 is 0. The Morgan fingerprint density at radius 3 is 2.24 bits per heavy atom. The topological polar surface area (TPSA) is 21.3 Å². The standard InChI is InChI=1S/C17H19F2NO/c1-3-9-20-17(12-7-5-4-6-8-12)16-14(18)10-13(21-2)11-15(16)19/h4-8,10-11,17,20H,3,9H2,1-2H3. The molecular weight excluding hydrogens is 272 g/mol. The normalized spacial score (nSPS) is 12.2. The second-order valence-electron chi connectivity index (χ2n) is 4.80. The van der Waals surface area contributed by atoms with Crippen LogP contribution in [0.15, 0.2) is 42.5 Å². The lowest BCUT2D eigenvalue weighted by atomic mass is 9.97. The van der Waals surface area contributed by atoms with Crippen LogP contribution in [0.3, 0.4) is 0 Å². The van der Waals surface area contributed by atoms with Crippen molar-refractivity contribution in [3.8, 4) is 5.75 Å². The van der Waals surface area contributed by atoms with Gasteiger partial charge in [0.05, 0.1) is 13.2 Å². The Balaban J connectivity index is 2.46. The molecule has 0 bridgehead atoms. The molecule has 2 aromatic carbocycles. The third-order valence-corrected chi connectivity index (χ3v) is 3.31. The molecule has 2 nitrogen and oxygen atoms in total. The number of methoxy groups -OCH3 is 1. The largest absolute Gasteiger partial charge is 0.497 e. The van der Waals surface area contributed by atoms with Gasteiger partial charge in [0.25, 0.3) is 0 Å². The number of hydrogen-bond donors (Lipinski definition) is 1. The summed E-state index contributed by atoms with van der Waals surface area (Å²) in [5.41, 5.74) is 0.851. The van der Waals surface area contributed by atoms with Gasteiger partial charge in [-0.3, -0.25) is 0 Å². The first-order valence-electron chi connectivity index (χ1n) is 6.98. The summed E-state index contributed by atoms with van der Waals surface area (Å²) in [6.45, 7) is 2.68. The highest BCUT2D eigenvalue weighted by atomic mass is 19.1. The Hall–Kier alpha value is -1.94. The molecule has 0 spiro atoms. The number of nitrogens with one attached hydrogen (secondary N) is 1. The van der Waals surface area contributed by atoms with Gasteiger partial charge in [-0.25, -0.2) is 8.78 Å². The summed E-state index contributed by atoms with van der Waals surface area (Å²) in [6, 6.07) is 11.2. The van der Waals surface area contributed by atoms with Gasteiger partial charge in [0.1, 0.15) is 17.4 Å². The monoisotopic (exact) mass is 291 g/mol. The molecule has 0 amide bonds. The van der Waals surface area contributed by atoms with E-state index in [1.807, 2.05) is 37.3 Å². The van der Waals surface area contributed by atoms with Crippen molar-refractivity contribution in [2.24, 2.45) is 0 Å². The van der Waals surface area contributed by atoms with Crippen molar-refractivity contribution in [1.29, 1.82) is 0 Å². The molecule has 0 fully saturated rings. The first-order chi connectivity index (χ1) is 10.2. The van der Waals surface area contributed by atoms with Crippen molar-refractivity contribution in [2.75, 3.05) is 13.7 Å². The fourth-order valence-electron chi connectivity index (χ4n) is 2.28. The molecule has 112 valence electrons. The zero-order valence-corrected chi connectivity index (χ0v) is 12.2. The minimum Gasteiger partial charge on any atom is -0.497 e. The predicted molar refractivity (Wildman–Crippen MR) is 79.5 cm³/mol. The van der Waals surface area contributed by atoms with Crippen molar-refractivity contribution in [3.05, 3.63) is 65.2 Å². The molecule has 1 unspecified atom stereocenters. The summed E-state index contributed by atoms with van der Waals surface area (Å²) < 4.78 is 33.5. The number of hydrogen-bond acceptors (Lipinski definition) is 2. The Morgan fingerprint density at radius 1 is 1.10 bits per heavy atom.